The van der Waals surface area contributed by atoms with E-state index in [0.717, 1.165) is 0 Å². The number of aryl methyl sites for hydroxylation is 1. The minimum absolute atomic E-state index is 0.142. The van der Waals surface area contributed by atoms with Gasteiger partial charge in [-0.1, -0.05) is 0 Å². The van der Waals surface area contributed by atoms with Crippen LogP contribution < -0.4 is 15.2 Å². The third-order valence-electron chi connectivity index (χ3n) is 2.84. The fraction of sp³-hybridized carbons (Fsp3) is 0.250. The molecule has 2 heterocycles. The van der Waals surface area contributed by atoms with Gasteiger partial charge in [0.2, 0.25) is 0 Å². The third kappa shape index (κ3) is 1.57. The van der Waals surface area contributed by atoms with E-state index < -0.39 is 5.82 Å². The molecule has 6 heteroatoms. The SMILES string of the molecule is Cn1nc(-c2ccc3c(c2F)OCCO3)cc1N. The summed E-state index contributed by atoms with van der Waals surface area (Å²) >= 11 is 0. The van der Waals surface area contributed by atoms with Crippen LogP contribution >= 0.6 is 0 Å². The minimum atomic E-state index is -0.467. The van der Waals surface area contributed by atoms with Crippen LogP contribution in [0.4, 0.5) is 10.2 Å². The molecule has 18 heavy (non-hydrogen) atoms. The Bertz CT molecular complexity index is 590. The van der Waals surface area contributed by atoms with E-state index >= 15 is 0 Å². The maximum Gasteiger partial charge on any atom is 0.197 e. The van der Waals surface area contributed by atoms with Crippen molar-refractivity contribution >= 4 is 5.82 Å². The van der Waals surface area contributed by atoms with Crippen LogP contribution in [0.1, 0.15) is 0 Å². The van der Waals surface area contributed by atoms with Gasteiger partial charge in [0.05, 0.1) is 5.69 Å². The molecule has 0 spiro atoms. The first kappa shape index (κ1) is 10.9. The molecule has 0 radical (unpaired) electrons. The Morgan fingerprint density at radius 3 is 2.83 bits per heavy atom. The zero-order valence-electron chi connectivity index (χ0n) is 9.81. The molecule has 2 N–H and O–H groups in total. The van der Waals surface area contributed by atoms with Crippen LogP contribution in [0.25, 0.3) is 11.3 Å². The number of nitrogens with zero attached hydrogens (tertiary/aromatic N) is 2. The molecule has 1 aliphatic heterocycles. The number of benzene rings is 1. The molecule has 0 atom stereocenters. The molecule has 94 valence electrons. The molecule has 0 bridgehead atoms. The summed E-state index contributed by atoms with van der Waals surface area (Å²) in [6.45, 7) is 0.778. The number of nitrogens with two attached hydrogens (primary N) is 1. The van der Waals surface area contributed by atoms with Crippen LogP contribution in [0, 0.1) is 5.82 Å². The van der Waals surface area contributed by atoms with Crippen LogP contribution in [0.3, 0.4) is 0 Å². The molecule has 0 saturated carbocycles. The van der Waals surface area contributed by atoms with E-state index in [0.29, 0.717) is 36.0 Å². The fourth-order valence-electron chi connectivity index (χ4n) is 1.89. The van der Waals surface area contributed by atoms with Crippen LogP contribution in [0.2, 0.25) is 0 Å². The summed E-state index contributed by atoms with van der Waals surface area (Å²) in [5.74, 6) is 0.568. The Morgan fingerprint density at radius 1 is 1.33 bits per heavy atom. The van der Waals surface area contributed by atoms with Crippen molar-refractivity contribution < 1.29 is 13.9 Å². The normalized spacial score (nSPS) is 13.7. The number of halogens is 1. The number of aromatic nitrogens is 2. The Kier molecular flexibility index (Phi) is 2.36. The summed E-state index contributed by atoms with van der Waals surface area (Å²) in [4.78, 5) is 0. The second kappa shape index (κ2) is 3.90. The summed E-state index contributed by atoms with van der Waals surface area (Å²) in [6, 6.07) is 4.91. The largest absolute Gasteiger partial charge is 0.486 e. The van der Waals surface area contributed by atoms with Crippen LogP contribution in [-0.4, -0.2) is 23.0 Å². The predicted octanol–water partition coefficient (Wildman–Crippen LogP) is 1.58. The van der Waals surface area contributed by atoms with Crippen LogP contribution in [0.15, 0.2) is 18.2 Å². The molecule has 1 aromatic carbocycles. The van der Waals surface area contributed by atoms with Gasteiger partial charge in [0.15, 0.2) is 17.3 Å². The van der Waals surface area contributed by atoms with Crippen molar-refractivity contribution in [3.63, 3.8) is 0 Å². The molecule has 1 aromatic heterocycles. The lowest BCUT2D eigenvalue weighted by atomic mass is 10.1. The van der Waals surface area contributed by atoms with E-state index in [2.05, 4.69) is 5.10 Å². The smallest absolute Gasteiger partial charge is 0.197 e. The molecular formula is C12H12FN3O2. The Labute approximate surface area is 103 Å². The van der Waals surface area contributed by atoms with Gasteiger partial charge < -0.3 is 15.2 Å². The van der Waals surface area contributed by atoms with E-state index in [1.807, 2.05) is 0 Å². The summed E-state index contributed by atoms with van der Waals surface area (Å²) < 4.78 is 26.4. The van der Waals surface area contributed by atoms with Crippen molar-refractivity contribution in [1.29, 1.82) is 0 Å². The van der Waals surface area contributed by atoms with Gasteiger partial charge in [-0.05, 0) is 12.1 Å². The lowest BCUT2D eigenvalue weighted by molar-refractivity contribution is 0.164. The first-order chi connectivity index (χ1) is 8.66. The van der Waals surface area contributed by atoms with Crippen LogP contribution in [0.5, 0.6) is 11.5 Å². The molecular weight excluding hydrogens is 237 g/mol. The summed E-state index contributed by atoms with van der Waals surface area (Å²) in [6.07, 6.45) is 0. The average Bonchev–Trinajstić information content (AvgIpc) is 2.70. The summed E-state index contributed by atoms with van der Waals surface area (Å²) in [5, 5.41) is 4.15. The number of anilines is 1. The van der Waals surface area contributed by atoms with Gasteiger partial charge in [0.1, 0.15) is 19.0 Å². The quantitative estimate of drug-likeness (QED) is 0.833. The molecule has 0 aliphatic carbocycles. The topological polar surface area (TPSA) is 62.3 Å². The van der Waals surface area contributed by atoms with Gasteiger partial charge in [-0.25, -0.2) is 4.39 Å². The van der Waals surface area contributed by atoms with Crippen molar-refractivity contribution in [1.82, 2.24) is 9.78 Å². The molecule has 1 aliphatic rings. The van der Waals surface area contributed by atoms with Crippen LogP contribution in [-0.2, 0) is 7.05 Å². The van der Waals surface area contributed by atoms with Gasteiger partial charge in [-0.2, -0.15) is 5.10 Å². The molecule has 2 aromatic rings. The average molecular weight is 249 g/mol. The first-order valence-electron chi connectivity index (χ1n) is 5.55. The molecule has 0 fully saturated rings. The molecule has 5 nitrogen and oxygen atoms in total. The summed E-state index contributed by atoms with van der Waals surface area (Å²) in [7, 11) is 1.70. The van der Waals surface area contributed by atoms with Crippen molar-refractivity contribution in [3.8, 4) is 22.8 Å². The second-order valence-electron chi connectivity index (χ2n) is 4.03. The number of ether oxygens (including phenoxy) is 2. The zero-order valence-corrected chi connectivity index (χ0v) is 9.81. The van der Waals surface area contributed by atoms with Gasteiger partial charge in [0.25, 0.3) is 0 Å². The molecule has 0 amide bonds. The monoisotopic (exact) mass is 249 g/mol. The highest BCUT2D eigenvalue weighted by molar-refractivity contribution is 5.67. The van der Waals surface area contributed by atoms with Crippen molar-refractivity contribution in [3.05, 3.63) is 24.0 Å². The van der Waals surface area contributed by atoms with Gasteiger partial charge >= 0.3 is 0 Å². The number of nitrogen functional groups attached to an aromatic ring is 1. The van der Waals surface area contributed by atoms with E-state index in [-0.39, 0.29) is 5.75 Å². The van der Waals surface area contributed by atoms with Crippen molar-refractivity contribution in [2.24, 2.45) is 7.05 Å². The highest BCUT2D eigenvalue weighted by Gasteiger charge is 2.21. The second-order valence-corrected chi connectivity index (χ2v) is 4.03. The van der Waals surface area contributed by atoms with Crippen molar-refractivity contribution in [2.45, 2.75) is 0 Å². The number of fused-ring (bicyclic) bond motifs is 1. The van der Waals surface area contributed by atoms with E-state index in [1.165, 1.54) is 4.68 Å². The Hall–Kier alpha value is -2.24. The predicted molar refractivity (Wildman–Crippen MR) is 64.0 cm³/mol. The van der Waals surface area contributed by atoms with E-state index in [1.54, 1.807) is 25.2 Å². The molecule has 0 unspecified atom stereocenters. The maximum absolute atomic E-state index is 14.3. The Morgan fingerprint density at radius 2 is 2.11 bits per heavy atom. The van der Waals surface area contributed by atoms with Gasteiger partial charge in [-0.3, -0.25) is 4.68 Å². The highest BCUT2D eigenvalue weighted by Crippen LogP contribution is 2.38. The number of rotatable bonds is 1. The number of hydrogen-bond acceptors (Lipinski definition) is 4. The van der Waals surface area contributed by atoms with Gasteiger partial charge in [-0.15, -0.1) is 0 Å². The minimum Gasteiger partial charge on any atom is -0.486 e. The lowest BCUT2D eigenvalue weighted by Gasteiger charge is -2.19. The third-order valence-corrected chi connectivity index (χ3v) is 2.84. The summed E-state index contributed by atoms with van der Waals surface area (Å²) in [5.41, 5.74) is 6.52. The highest BCUT2D eigenvalue weighted by atomic mass is 19.1. The lowest BCUT2D eigenvalue weighted by Crippen LogP contribution is -2.16. The van der Waals surface area contributed by atoms with E-state index in [9.17, 15) is 4.39 Å². The number of hydrogen-bond donors (Lipinski definition) is 1. The maximum atomic E-state index is 14.3. The fourth-order valence-corrected chi connectivity index (χ4v) is 1.89. The standard InChI is InChI=1S/C12H12FN3O2/c1-16-10(14)6-8(15-16)7-2-3-9-12(11(7)13)18-5-4-17-9/h2-3,6H,4-5,14H2,1H3. The van der Waals surface area contributed by atoms with E-state index in [4.69, 9.17) is 15.2 Å². The Balaban J connectivity index is 2.13. The van der Waals surface area contributed by atoms with Crippen molar-refractivity contribution in [2.75, 3.05) is 18.9 Å². The first-order valence-corrected chi connectivity index (χ1v) is 5.55. The zero-order chi connectivity index (χ0) is 12.7. The van der Waals surface area contributed by atoms with Gasteiger partial charge in [0, 0.05) is 18.7 Å². The molecule has 0 saturated heterocycles. The molecule has 3 rings (SSSR count).